The number of hydrogen-bond acceptors (Lipinski definition) is 3. The zero-order valence-corrected chi connectivity index (χ0v) is 16.6. The predicted molar refractivity (Wildman–Crippen MR) is 104 cm³/mol. The van der Waals surface area contributed by atoms with Crippen molar-refractivity contribution in [2.24, 2.45) is 11.0 Å². The number of hydrogen-bond donors (Lipinski definition) is 0. The van der Waals surface area contributed by atoms with Gasteiger partial charge in [-0.15, -0.1) is 0 Å². The third-order valence-corrected chi connectivity index (χ3v) is 5.08. The number of nitro groups is 1. The summed E-state index contributed by atoms with van der Waals surface area (Å²) >= 11 is 3.45. The summed E-state index contributed by atoms with van der Waals surface area (Å²) in [6, 6.07) is 7.89. The third kappa shape index (κ3) is 4.82. The maximum Gasteiger partial charge on any atom is 0.278 e. The molecule has 8 heteroatoms. The molecule has 3 rings (SSSR count). The van der Waals surface area contributed by atoms with Gasteiger partial charge in [-0.05, 0) is 44.0 Å². The molecule has 2 saturated heterocycles. The monoisotopic (exact) mass is 422 g/mol. The van der Waals surface area contributed by atoms with E-state index in [0.717, 1.165) is 23.0 Å². The van der Waals surface area contributed by atoms with Gasteiger partial charge < -0.3 is 14.5 Å². The van der Waals surface area contributed by atoms with Gasteiger partial charge >= 0.3 is 0 Å². The van der Waals surface area contributed by atoms with E-state index in [0.29, 0.717) is 31.6 Å². The lowest BCUT2D eigenvalue weighted by Crippen LogP contribution is -2.35. The van der Waals surface area contributed by atoms with Crippen molar-refractivity contribution in [3.63, 3.8) is 0 Å². The normalized spacial score (nSPS) is 24.1. The van der Waals surface area contributed by atoms with Gasteiger partial charge in [0.2, 0.25) is 0 Å². The lowest BCUT2D eigenvalue weighted by atomic mass is 9.97. The molecule has 0 aromatic heterocycles. The van der Waals surface area contributed by atoms with Crippen LogP contribution in [-0.2, 0) is 4.74 Å². The molecule has 2 aliphatic heterocycles. The van der Waals surface area contributed by atoms with Gasteiger partial charge in [0.15, 0.2) is 5.03 Å². The Kier molecular flexibility index (Phi) is 5.62. The Morgan fingerprint density at radius 2 is 2.27 bits per heavy atom. The van der Waals surface area contributed by atoms with Crippen LogP contribution in [0, 0.1) is 16.0 Å². The van der Waals surface area contributed by atoms with Crippen molar-refractivity contribution >= 4 is 28.0 Å². The van der Waals surface area contributed by atoms with Crippen molar-refractivity contribution in [1.29, 1.82) is 0 Å². The molecule has 1 atom stereocenters. The van der Waals surface area contributed by atoms with E-state index in [1.807, 2.05) is 46.3 Å². The standard InChI is InChI=1S/C18H23BrN4O3/c1-18(2)11-15(13-26-18)12-22-9-8-21(17(22)20-23(24)25)7-6-14-4-3-5-16(19)10-14/h3-7,10,15H,8-9,11-13H2,1-2H3. The lowest BCUT2D eigenvalue weighted by Gasteiger charge is -2.22. The molecular weight excluding hydrogens is 400 g/mol. The summed E-state index contributed by atoms with van der Waals surface area (Å²) in [7, 11) is 0. The fourth-order valence-corrected chi connectivity index (χ4v) is 3.91. The molecule has 140 valence electrons. The van der Waals surface area contributed by atoms with Gasteiger partial charge in [0.05, 0.1) is 12.2 Å². The summed E-state index contributed by atoms with van der Waals surface area (Å²) in [5, 5.41) is 14.0. The van der Waals surface area contributed by atoms with Crippen LogP contribution >= 0.6 is 15.9 Å². The highest BCUT2D eigenvalue weighted by Crippen LogP contribution is 2.30. The Hall–Kier alpha value is -1.93. The molecule has 0 amide bonds. The summed E-state index contributed by atoms with van der Waals surface area (Å²) < 4.78 is 6.78. The lowest BCUT2D eigenvalue weighted by molar-refractivity contribution is -0.486. The number of ether oxygens (including phenoxy) is 1. The maximum atomic E-state index is 11.0. The average molecular weight is 423 g/mol. The number of benzene rings is 1. The average Bonchev–Trinajstić information content (AvgIpc) is 3.09. The topological polar surface area (TPSA) is 71.2 Å². The van der Waals surface area contributed by atoms with Gasteiger partial charge in [-0.1, -0.05) is 28.1 Å². The van der Waals surface area contributed by atoms with Crippen LogP contribution in [0.3, 0.4) is 0 Å². The van der Waals surface area contributed by atoms with Crippen LogP contribution in [0.4, 0.5) is 0 Å². The fraction of sp³-hybridized carbons (Fsp3) is 0.500. The Morgan fingerprint density at radius 3 is 2.92 bits per heavy atom. The van der Waals surface area contributed by atoms with Crippen LogP contribution in [0.25, 0.3) is 6.08 Å². The minimum Gasteiger partial charge on any atom is -0.375 e. The first-order valence-electron chi connectivity index (χ1n) is 8.65. The van der Waals surface area contributed by atoms with Crippen LogP contribution < -0.4 is 0 Å². The molecule has 1 aromatic carbocycles. The van der Waals surface area contributed by atoms with Crippen molar-refractivity contribution in [3.8, 4) is 0 Å². The van der Waals surface area contributed by atoms with Gasteiger partial charge in [0.1, 0.15) is 5.10 Å². The molecule has 0 radical (unpaired) electrons. The zero-order valence-electron chi connectivity index (χ0n) is 15.0. The van der Waals surface area contributed by atoms with Crippen LogP contribution in [-0.4, -0.2) is 52.6 Å². The Bertz CT molecular complexity index is 735. The van der Waals surface area contributed by atoms with E-state index in [2.05, 4.69) is 34.9 Å². The highest BCUT2D eigenvalue weighted by Gasteiger charge is 2.36. The molecule has 0 N–H and O–H groups in total. The van der Waals surface area contributed by atoms with Gasteiger partial charge in [0, 0.05) is 36.2 Å². The summed E-state index contributed by atoms with van der Waals surface area (Å²) in [5.41, 5.74) is 0.898. The fourth-order valence-electron chi connectivity index (χ4n) is 3.49. The van der Waals surface area contributed by atoms with Crippen molar-refractivity contribution in [3.05, 3.63) is 50.6 Å². The van der Waals surface area contributed by atoms with E-state index in [9.17, 15) is 10.1 Å². The highest BCUT2D eigenvalue weighted by molar-refractivity contribution is 9.10. The molecule has 0 saturated carbocycles. The molecule has 26 heavy (non-hydrogen) atoms. The van der Waals surface area contributed by atoms with Crippen LogP contribution in [0.1, 0.15) is 25.8 Å². The quantitative estimate of drug-likeness (QED) is 0.536. The Balaban J connectivity index is 1.71. The van der Waals surface area contributed by atoms with Crippen molar-refractivity contribution in [2.45, 2.75) is 25.9 Å². The first kappa shape index (κ1) is 18.8. The van der Waals surface area contributed by atoms with E-state index in [-0.39, 0.29) is 5.60 Å². The molecule has 1 aromatic rings. The van der Waals surface area contributed by atoms with Crippen LogP contribution in [0.15, 0.2) is 40.0 Å². The molecule has 0 bridgehead atoms. The second-order valence-electron chi connectivity index (χ2n) is 7.29. The van der Waals surface area contributed by atoms with Crippen LogP contribution in [0.5, 0.6) is 0 Å². The molecule has 0 spiro atoms. The van der Waals surface area contributed by atoms with Gasteiger partial charge in [0.25, 0.3) is 5.96 Å². The molecule has 1 unspecified atom stereocenters. The Morgan fingerprint density at radius 1 is 1.46 bits per heavy atom. The highest BCUT2D eigenvalue weighted by atomic mass is 79.9. The number of rotatable bonds is 5. The minimum atomic E-state index is -0.622. The third-order valence-electron chi connectivity index (χ3n) is 4.59. The van der Waals surface area contributed by atoms with Crippen LogP contribution in [0.2, 0.25) is 0 Å². The van der Waals surface area contributed by atoms with Crippen molar-refractivity contribution in [1.82, 2.24) is 9.80 Å². The first-order valence-corrected chi connectivity index (χ1v) is 9.44. The maximum absolute atomic E-state index is 11.0. The first-order chi connectivity index (χ1) is 12.3. The van der Waals surface area contributed by atoms with E-state index in [4.69, 9.17) is 4.74 Å². The van der Waals surface area contributed by atoms with E-state index >= 15 is 0 Å². The number of nitrogens with zero attached hydrogens (tertiary/aromatic N) is 4. The second-order valence-corrected chi connectivity index (χ2v) is 8.20. The summed E-state index contributed by atoms with van der Waals surface area (Å²) in [6.07, 6.45) is 4.74. The van der Waals surface area contributed by atoms with Crippen molar-refractivity contribution < 1.29 is 9.77 Å². The number of halogens is 1. The van der Waals surface area contributed by atoms with Gasteiger partial charge in [-0.3, -0.25) is 0 Å². The molecular formula is C18H23BrN4O3. The van der Waals surface area contributed by atoms with Gasteiger partial charge in [-0.2, -0.15) is 0 Å². The minimum absolute atomic E-state index is 0.120. The second kappa shape index (κ2) is 7.75. The largest absolute Gasteiger partial charge is 0.375 e. The number of hydrazone groups is 1. The van der Waals surface area contributed by atoms with Gasteiger partial charge in [-0.25, -0.2) is 10.1 Å². The zero-order chi connectivity index (χ0) is 18.7. The SMILES string of the molecule is CC1(C)CC(CN2CCN(C=Cc3cccc(Br)c3)C2=N[N+](=O)[O-])CO1. The molecule has 0 aliphatic carbocycles. The Labute approximate surface area is 161 Å². The smallest absolute Gasteiger partial charge is 0.278 e. The molecule has 7 nitrogen and oxygen atoms in total. The van der Waals surface area contributed by atoms with Crippen molar-refractivity contribution in [2.75, 3.05) is 26.2 Å². The summed E-state index contributed by atoms with van der Waals surface area (Å²) in [4.78, 5) is 14.8. The predicted octanol–water partition coefficient (Wildman–Crippen LogP) is 3.40. The molecule has 2 aliphatic rings. The molecule has 2 heterocycles. The van der Waals surface area contributed by atoms with E-state index in [1.54, 1.807) is 0 Å². The summed E-state index contributed by atoms with van der Waals surface area (Å²) in [6.45, 7) is 6.95. The summed E-state index contributed by atoms with van der Waals surface area (Å²) in [5.74, 6) is 0.752. The number of guanidine groups is 1. The van der Waals surface area contributed by atoms with E-state index < -0.39 is 5.03 Å². The molecule has 2 fully saturated rings. The van der Waals surface area contributed by atoms with E-state index in [1.165, 1.54) is 0 Å².